The fraction of sp³-hybridized carbons (Fsp3) is 0.462. The predicted molar refractivity (Wildman–Crippen MR) is 130 cm³/mol. The van der Waals surface area contributed by atoms with Gasteiger partial charge < -0.3 is 4.57 Å². The monoisotopic (exact) mass is 530 g/mol. The third-order valence-electron chi connectivity index (χ3n) is 6.07. The quantitative estimate of drug-likeness (QED) is 0.319. The van der Waals surface area contributed by atoms with E-state index in [1.165, 1.54) is 6.07 Å². The molecule has 1 fully saturated rings. The number of fused-ring (bicyclic) bond motifs is 1. The Morgan fingerprint density at radius 1 is 0.972 bits per heavy atom. The number of halogens is 6. The summed E-state index contributed by atoms with van der Waals surface area (Å²) < 4.78 is 97.8. The molecule has 3 aromatic rings. The largest absolute Gasteiger partial charge is 0.417 e. The molecule has 1 aliphatic carbocycles. The third-order valence-corrected chi connectivity index (χ3v) is 7.64. The van der Waals surface area contributed by atoms with Gasteiger partial charge >= 0.3 is 12.4 Å². The maximum Gasteiger partial charge on any atom is 0.417 e. The summed E-state index contributed by atoms with van der Waals surface area (Å²) in [6.45, 7) is 7.15. The summed E-state index contributed by atoms with van der Waals surface area (Å²) in [5.74, 6) is 0. The zero-order valence-electron chi connectivity index (χ0n) is 20.2. The SMILES string of the molecule is CC(C)(C)Cc1cn(CCNS(=O)C2CC2)c2ccc(-c3ccc(C(F)(F)F)cc3C(F)(F)F)cc12. The van der Waals surface area contributed by atoms with Crippen molar-refractivity contribution in [3.8, 4) is 11.1 Å². The lowest BCUT2D eigenvalue weighted by molar-refractivity contribution is -0.142. The van der Waals surface area contributed by atoms with Gasteiger partial charge in [-0.15, -0.1) is 0 Å². The van der Waals surface area contributed by atoms with Crippen LogP contribution < -0.4 is 4.72 Å². The first-order valence-corrected chi connectivity index (χ1v) is 12.9. The standard InChI is InChI=1S/C26H28F6N2OS/c1-24(2,3)14-17-15-34(11-10-33-36(35)19-6-7-19)23-9-4-16(12-21(17)23)20-8-5-18(25(27,28)29)13-22(20)26(30,31)32/h4-5,8-9,12-13,15,19,33H,6-7,10-11,14H2,1-3H3. The van der Waals surface area contributed by atoms with Crippen LogP contribution in [-0.2, 0) is 36.3 Å². The van der Waals surface area contributed by atoms with Crippen LogP contribution in [0.25, 0.3) is 22.0 Å². The molecule has 1 unspecified atom stereocenters. The molecule has 0 aliphatic heterocycles. The molecule has 3 nitrogen and oxygen atoms in total. The Morgan fingerprint density at radius 3 is 2.25 bits per heavy atom. The van der Waals surface area contributed by atoms with Gasteiger partial charge in [0.05, 0.1) is 22.1 Å². The summed E-state index contributed by atoms with van der Waals surface area (Å²) in [4.78, 5) is 0. The van der Waals surface area contributed by atoms with Crippen molar-refractivity contribution < 1.29 is 30.6 Å². The van der Waals surface area contributed by atoms with Crippen molar-refractivity contribution in [2.24, 2.45) is 5.41 Å². The highest BCUT2D eigenvalue weighted by Gasteiger charge is 2.38. The van der Waals surface area contributed by atoms with E-state index in [4.69, 9.17) is 0 Å². The van der Waals surface area contributed by atoms with Gasteiger partial charge in [-0.25, -0.2) is 8.93 Å². The Hall–Kier alpha value is -2.33. The van der Waals surface area contributed by atoms with E-state index >= 15 is 0 Å². The highest BCUT2D eigenvalue weighted by molar-refractivity contribution is 7.84. The molecule has 0 saturated heterocycles. The minimum Gasteiger partial charge on any atom is -0.346 e. The van der Waals surface area contributed by atoms with Gasteiger partial charge in [0.25, 0.3) is 0 Å². The molecule has 1 atom stereocenters. The molecule has 1 aromatic heterocycles. The lowest BCUT2D eigenvalue weighted by atomic mass is 9.87. The van der Waals surface area contributed by atoms with Crippen LogP contribution in [0.3, 0.4) is 0 Å². The Morgan fingerprint density at radius 2 is 1.67 bits per heavy atom. The molecule has 0 radical (unpaired) electrons. The number of benzene rings is 2. The number of nitrogens with one attached hydrogen (secondary N) is 1. The molecule has 196 valence electrons. The van der Waals surface area contributed by atoms with Gasteiger partial charge in [-0.1, -0.05) is 32.9 Å². The van der Waals surface area contributed by atoms with Gasteiger partial charge in [-0.2, -0.15) is 26.3 Å². The predicted octanol–water partition coefficient (Wildman–Crippen LogP) is 7.35. The summed E-state index contributed by atoms with van der Waals surface area (Å²) in [5, 5.41) is 0.954. The van der Waals surface area contributed by atoms with Crippen molar-refractivity contribution in [1.29, 1.82) is 0 Å². The summed E-state index contributed by atoms with van der Waals surface area (Å²) >= 11 is 0. The first-order valence-electron chi connectivity index (χ1n) is 11.7. The van der Waals surface area contributed by atoms with Crippen LogP contribution in [0, 0.1) is 5.41 Å². The van der Waals surface area contributed by atoms with Gasteiger partial charge in [-0.05, 0) is 65.6 Å². The normalized spacial score (nSPS) is 16.0. The zero-order valence-corrected chi connectivity index (χ0v) is 21.0. The van der Waals surface area contributed by atoms with Crippen molar-refractivity contribution in [1.82, 2.24) is 9.29 Å². The lowest BCUT2D eigenvalue weighted by Gasteiger charge is -2.18. The van der Waals surface area contributed by atoms with E-state index in [0.717, 1.165) is 35.4 Å². The van der Waals surface area contributed by atoms with Crippen LogP contribution in [-0.4, -0.2) is 20.6 Å². The first-order chi connectivity index (χ1) is 16.6. The third kappa shape index (κ3) is 6.14. The van der Waals surface area contributed by atoms with E-state index in [1.54, 1.807) is 12.1 Å². The second kappa shape index (κ2) is 9.52. The smallest absolute Gasteiger partial charge is 0.346 e. The van der Waals surface area contributed by atoms with E-state index in [1.807, 2.05) is 10.8 Å². The Kier molecular flexibility index (Phi) is 7.07. The average molecular weight is 531 g/mol. The van der Waals surface area contributed by atoms with Gasteiger partial charge in [0, 0.05) is 35.4 Å². The molecule has 0 amide bonds. The maximum absolute atomic E-state index is 13.8. The van der Waals surface area contributed by atoms with E-state index in [9.17, 15) is 30.6 Å². The fourth-order valence-corrected chi connectivity index (χ4v) is 5.40. The molecular weight excluding hydrogens is 502 g/mol. The number of aromatic nitrogens is 1. The van der Waals surface area contributed by atoms with Crippen LogP contribution in [0.4, 0.5) is 26.3 Å². The maximum atomic E-state index is 13.8. The minimum atomic E-state index is -4.95. The first kappa shape index (κ1) is 26.7. The Labute approximate surface area is 208 Å². The van der Waals surface area contributed by atoms with E-state index in [0.29, 0.717) is 25.6 Å². The molecule has 1 saturated carbocycles. The fourth-order valence-electron chi connectivity index (χ4n) is 4.31. The van der Waals surface area contributed by atoms with Gasteiger partial charge in [0.2, 0.25) is 0 Å². The highest BCUT2D eigenvalue weighted by Crippen LogP contribution is 2.42. The molecule has 10 heteroatoms. The van der Waals surface area contributed by atoms with Crippen molar-refractivity contribution in [3.05, 3.63) is 59.3 Å². The van der Waals surface area contributed by atoms with E-state index in [-0.39, 0.29) is 27.9 Å². The van der Waals surface area contributed by atoms with E-state index < -0.39 is 34.5 Å². The number of nitrogens with zero attached hydrogens (tertiary/aromatic N) is 1. The van der Waals surface area contributed by atoms with Crippen molar-refractivity contribution in [2.45, 2.75) is 64.2 Å². The minimum absolute atomic E-state index is 0.105. The van der Waals surface area contributed by atoms with Crippen molar-refractivity contribution in [3.63, 3.8) is 0 Å². The molecule has 2 aromatic carbocycles. The number of rotatable bonds is 7. The molecule has 1 N–H and O–H groups in total. The lowest BCUT2D eigenvalue weighted by Crippen LogP contribution is -2.24. The van der Waals surface area contributed by atoms with Gasteiger partial charge in [0.15, 0.2) is 0 Å². The molecule has 4 rings (SSSR count). The molecule has 36 heavy (non-hydrogen) atoms. The van der Waals surface area contributed by atoms with Gasteiger partial charge in [-0.3, -0.25) is 0 Å². The van der Waals surface area contributed by atoms with Crippen molar-refractivity contribution in [2.75, 3.05) is 6.54 Å². The summed E-state index contributed by atoms with van der Waals surface area (Å²) in [5.41, 5.74) is -1.12. The second-order valence-corrected chi connectivity index (χ2v) is 12.0. The second-order valence-electron chi connectivity index (χ2n) is 10.5. The highest BCUT2D eigenvalue weighted by atomic mass is 32.2. The Bertz CT molecular complexity index is 1280. The number of hydrogen-bond donors (Lipinski definition) is 1. The van der Waals surface area contributed by atoms with Crippen LogP contribution in [0.1, 0.15) is 50.3 Å². The molecule has 1 aliphatic rings. The molecule has 1 heterocycles. The zero-order chi connectivity index (χ0) is 26.5. The molecule has 0 bridgehead atoms. The number of hydrogen-bond acceptors (Lipinski definition) is 1. The van der Waals surface area contributed by atoms with Crippen LogP contribution in [0.15, 0.2) is 42.6 Å². The van der Waals surface area contributed by atoms with Crippen LogP contribution >= 0.6 is 0 Å². The summed E-state index contributed by atoms with van der Waals surface area (Å²) in [6, 6.07) is 6.58. The molecular formula is C26H28F6N2OS. The topological polar surface area (TPSA) is 34.0 Å². The van der Waals surface area contributed by atoms with Gasteiger partial charge in [0.1, 0.15) is 0 Å². The Balaban J connectivity index is 1.75. The molecule has 0 spiro atoms. The number of alkyl halides is 6. The summed E-state index contributed by atoms with van der Waals surface area (Å²) in [7, 11) is -1.08. The summed E-state index contributed by atoms with van der Waals surface area (Å²) in [6.07, 6.45) is -5.31. The van der Waals surface area contributed by atoms with Crippen LogP contribution in [0.2, 0.25) is 0 Å². The van der Waals surface area contributed by atoms with Crippen LogP contribution in [0.5, 0.6) is 0 Å². The van der Waals surface area contributed by atoms with E-state index in [2.05, 4.69) is 25.5 Å². The van der Waals surface area contributed by atoms with Crippen molar-refractivity contribution >= 4 is 21.9 Å². The average Bonchev–Trinajstić information content (AvgIpc) is 3.56.